The predicted octanol–water partition coefficient (Wildman–Crippen LogP) is 3.97. The number of aromatic nitrogens is 1. The van der Waals surface area contributed by atoms with Crippen LogP contribution < -0.4 is 4.74 Å². The second-order valence-electron chi connectivity index (χ2n) is 7.08. The number of hydrogen-bond donors (Lipinski definition) is 0. The minimum absolute atomic E-state index is 0.0635. The maximum absolute atomic E-state index is 13.6. The summed E-state index contributed by atoms with van der Waals surface area (Å²) in [7, 11) is 1.61. The third-order valence-corrected chi connectivity index (χ3v) is 5.12. The number of rotatable bonds is 6. The van der Waals surface area contributed by atoms with Crippen LogP contribution in [0.2, 0.25) is 0 Å². The van der Waals surface area contributed by atoms with Crippen molar-refractivity contribution in [2.45, 2.75) is 32.4 Å². The molecular weight excluding hydrogens is 356 g/mol. The Morgan fingerprint density at radius 2 is 2.25 bits per heavy atom. The van der Waals surface area contributed by atoms with Crippen molar-refractivity contribution < 1.29 is 18.7 Å². The van der Waals surface area contributed by atoms with E-state index in [2.05, 4.69) is 4.98 Å². The third kappa shape index (κ3) is 3.73. The lowest BCUT2D eigenvalue weighted by atomic mass is 10.1. The van der Waals surface area contributed by atoms with E-state index in [0.717, 1.165) is 30.4 Å². The first-order valence-electron chi connectivity index (χ1n) is 9.52. The fourth-order valence-corrected chi connectivity index (χ4v) is 3.72. The summed E-state index contributed by atoms with van der Waals surface area (Å²) in [4.78, 5) is 19.6. The zero-order valence-electron chi connectivity index (χ0n) is 16.2. The monoisotopic (exact) mass is 380 g/mol. The van der Waals surface area contributed by atoms with Crippen molar-refractivity contribution in [2.75, 3.05) is 20.3 Å². The molecule has 1 aliphatic heterocycles. The fourth-order valence-electron chi connectivity index (χ4n) is 3.72. The first-order valence-corrected chi connectivity index (χ1v) is 9.52. The Bertz CT molecular complexity index is 961. The molecule has 0 radical (unpaired) electrons. The summed E-state index contributed by atoms with van der Waals surface area (Å²) < 4.78 is 17.0. The Balaban J connectivity index is 1.69. The van der Waals surface area contributed by atoms with Crippen molar-refractivity contribution in [1.82, 2.24) is 9.88 Å². The summed E-state index contributed by atoms with van der Waals surface area (Å²) in [6.07, 6.45) is 5.59. The number of methoxy groups -OCH3 is 1. The lowest BCUT2D eigenvalue weighted by molar-refractivity contribution is 0.0507. The average Bonchev–Trinajstić information content (AvgIpc) is 3.34. The Hall–Kier alpha value is -2.86. The summed E-state index contributed by atoms with van der Waals surface area (Å²) in [5, 5.41) is 0.769. The first kappa shape index (κ1) is 18.5. The molecule has 146 valence electrons. The van der Waals surface area contributed by atoms with Gasteiger partial charge in [-0.2, -0.15) is 0 Å². The van der Waals surface area contributed by atoms with Crippen molar-refractivity contribution in [3.63, 3.8) is 0 Å². The van der Waals surface area contributed by atoms with E-state index in [4.69, 9.17) is 13.9 Å². The van der Waals surface area contributed by atoms with E-state index in [9.17, 15) is 4.79 Å². The number of furan rings is 1. The van der Waals surface area contributed by atoms with Gasteiger partial charge in [-0.3, -0.25) is 9.78 Å². The van der Waals surface area contributed by atoms with E-state index < -0.39 is 0 Å². The zero-order chi connectivity index (χ0) is 19.5. The molecule has 1 unspecified atom stereocenters. The lowest BCUT2D eigenvalue weighted by Gasteiger charge is -2.25. The van der Waals surface area contributed by atoms with E-state index >= 15 is 0 Å². The molecule has 0 saturated carbocycles. The van der Waals surface area contributed by atoms with Gasteiger partial charge in [0, 0.05) is 37.5 Å². The van der Waals surface area contributed by atoms with Crippen molar-refractivity contribution in [3.8, 4) is 5.75 Å². The van der Waals surface area contributed by atoms with Crippen LogP contribution in [-0.4, -0.2) is 42.2 Å². The Morgan fingerprint density at radius 1 is 1.36 bits per heavy atom. The van der Waals surface area contributed by atoms with Crippen molar-refractivity contribution in [3.05, 3.63) is 59.6 Å². The number of ether oxygens (including phenoxy) is 2. The number of fused-ring (bicyclic) bond motifs is 1. The standard InChI is InChI=1S/C22H24N2O4/c1-15-21(19-11-17(26-2)7-8-20(19)28-15)22(25)24(14-18-6-4-10-27-18)13-16-5-3-9-23-12-16/h3,5,7-9,11-12,18H,4,6,10,13-14H2,1-2H3. The van der Waals surface area contributed by atoms with Crippen LogP contribution in [0, 0.1) is 6.92 Å². The molecule has 1 aromatic carbocycles. The molecule has 1 saturated heterocycles. The molecule has 0 bridgehead atoms. The number of benzene rings is 1. The molecule has 0 N–H and O–H groups in total. The van der Waals surface area contributed by atoms with Crippen LogP contribution in [0.25, 0.3) is 11.0 Å². The molecule has 1 atom stereocenters. The summed E-state index contributed by atoms with van der Waals surface area (Å²) in [5.74, 6) is 1.24. The molecule has 3 heterocycles. The lowest BCUT2D eigenvalue weighted by Crippen LogP contribution is -2.37. The average molecular weight is 380 g/mol. The summed E-state index contributed by atoms with van der Waals surface area (Å²) in [6, 6.07) is 9.38. The maximum atomic E-state index is 13.6. The normalized spacial score (nSPS) is 16.4. The van der Waals surface area contributed by atoms with Gasteiger partial charge in [-0.1, -0.05) is 6.07 Å². The number of carbonyl (C=O) groups excluding carboxylic acids is 1. The van der Waals surface area contributed by atoms with Gasteiger partial charge in [0.15, 0.2) is 0 Å². The summed E-state index contributed by atoms with van der Waals surface area (Å²) in [5.41, 5.74) is 2.24. The topological polar surface area (TPSA) is 64.8 Å². The minimum Gasteiger partial charge on any atom is -0.497 e. The molecule has 3 aromatic rings. The first-order chi connectivity index (χ1) is 13.7. The minimum atomic E-state index is -0.0659. The van der Waals surface area contributed by atoms with E-state index in [1.807, 2.05) is 42.2 Å². The Kier molecular flexibility index (Phi) is 5.30. The molecule has 1 aliphatic rings. The second-order valence-corrected chi connectivity index (χ2v) is 7.08. The van der Waals surface area contributed by atoms with Crippen LogP contribution in [0.5, 0.6) is 5.75 Å². The number of hydrogen-bond acceptors (Lipinski definition) is 5. The summed E-state index contributed by atoms with van der Waals surface area (Å²) in [6.45, 7) is 3.60. The number of carbonyl (C=O) groups is 1. The van der Waals surface area contributed by atoms with Gasteiger partial charge in [-0.25, -0.2) is 0 Å². The SMILES string of the molecule is COc1ccc2oc(C)c(C(=O)N(Cc3cccnc3)CC3CCCO3)c2c1. The number of pyridine rings is 1. The maximum Gasteiger partial charge on any atom is 0.258 e. The second kappa shape index (κ2) is 8.02. The molecule has 4 rings (SSSR count). The molecule has 6 nitrogen and oxygen atoms in total. The van der Waals surface area contributed by atoms with Gasteiger partial charge in [0.05, 0.1) is 18.8 Å². The highest BCUT2D eigenvalue weighted by molar-refractivity contribution is 6.07. The van der Waals surface area contributed by atoms with Crippen molar-refractivity contribution in [2.24, 2.45) is 0 Å². The van der Waals surface area contributed by atoms with Crippen LogP contribution in [0.4, 0.5) is 0 Å². The fraction of sp³-hybridized carbons (Fsp3) is 0.364. The molecule has 2 aromatic heterocycles. The molecule has 0 aliphatic carbocycles. The van der Waals surface area contributed by atoms with E-state index in [-0.39, 0.29) is 12.0 Å². The number of nitrogens with zero attached hydrogens (tertiary/aromatic N) is 2. The van der Waals surface area contributed by atoms with Crippen LogP contribution in [0.15, 0.2) is 47.1 Å². The van der Waals surface area contributed by atoms with Gasteiger partial charge < -0.3 is 18.8 Å². The predicted molar refractivity (Wildman–Crippen MR) is 105 cm³/mol. The highest BCUT2D eigenvalue weighted by atomic mass is 16.5. The highest BCUT2D eigenvalue weighted by Crippen LogP contribution is 2.30. The zero-order valence-corrected chi connectivity index (χ0v) is 16.2. The van der Waals surface area contributed by atoms with Gasteiger partial charge in [0.2, 0.25) is 0 Å². The van der Waals surface area contributed by atoms with E-state index in [1.165, 1.54) is 0 Å². The largest absolute Gasteiger partial charge is 0.497 e. The Labute approximate surface area is 164 Å². The van der Waals surface area contributed by atoms with Crippen LogP contribution in [-0.2, 0) is 11.3 Å². The smallest absolute Gasteiger partial charge is 0.258 e. The van der Waals surface area contributed by atoms with Crippen LogP contribution in [0.3, 0.4) is 0 Å². The molecule has 1 fully saturated rings. The van der Waals surface area contributed by atoms with E-state index in [1.54, 1.807) is 19.5 Å². The molecule has 0 spiro atoms. The highest BCUT2D eigenvalue weighted by Gasteiger charge is 2.27. The van der Waals surface area contributed by atoms with Gasteiger partial charge in [-0.15, -0.1) is 0 Å². The Morgan fingerprint density at radius 3 is 2.96 bits per heavy atom. The quantitative estimate of drug-likeness (QED) is 0.647. The molecular formula is C22H24N2O4. The number of amides is 1. The van der Waals surface area contributed by atoms with Gasteiger partial charge in [0.1, 0.15) is 17.1 Å². The van der Waals surface area contributed by atoms with Gasteiger partial charge >= 0.3 is 0 Å². The number of aryl methyl sites for hydroxylation is 1. The summed E-state index contributed by atoms with van der Waals surface area (Å²) >= 11 is 0. The van der Waals surface area contributed by atoms with Gasteiger partial charge in [0.25, 0.3) is 5.91 Å². The van der Waals surface area contributed by atoms with Crippen molar-refractivity contribution >= 4 is 16.9 Å². The van der Waals surface area contributed by atoms with Crippen molar-refractivity contribution in [1.29, 1.82) is 0 Å². The van der Waals surface area contributed by atoms with Crippen LogP contribution in [0.1, 0.15) is 34.5 Å². The van der Waals surface area contributed by atoms with Gasteiger partial charge in [-0.05, 0) is 49.6 Å². The van der Waals surface area contributed by atoms with E-state index in [0.29, 0.717) is 35.7 Å². The molecule has 1 amide bonds. The van der Waals surface area contributed by atoms with Crippen LogP contribution >= 0.6 is 0 Å². The molecule has 28 heavy (non-hydrogen) atoms. The molecule has 6 heteroatoms. The third-order valence-electron chi connectivity index (χ3n) is 5.12.